The molecule has 4 saturated carbocycles. The molecule has 4 fully saturated rings. The van der Waals surface area contributed by atoms with Crippen molar-refractivity contribution in [3.63, 3.8) is 0 Å². The van der Waals surface area contributed by atoms with E-state index in [0.717, 1.165) is 81.3 Å². The highest BCUT2D eigenvalue weighted by atomic mass is 19.2. The summed E-state index contributed by atoms with van der Waals surface area (Å²) < 4.78 is 55.4. The van der Waals surface area contributed by atoms with Gasteiger partial charge in [0.15, 0.2) is 23.3 Å². The second-order valence-corrected chi connectivity index (χ2v) is 19.0. The molecule has 0 aliphatic heterocycles. The first-order valence-electron chi connectivity index (χ1n) is 24.1. The quantitative estimate of drug-likeness (QED) is 0.0802. The maximum atomic E-state index is 14.3. The van der Waals surface area contributed by atoms with Crippen molar-refractivity contribution >= 4 is 6.29 Å². The summed E-state index contributed by atoms with van der Waals surface area (Å²) in [5, 5.41) is 0. The molecule has 1 nitrogen and oxygen atoms in total. The second-order valence-electron chi connectivity index (χ2n) is 19.0. The van der Waals surface area contributed by atoms with E-state index >= 15 is 0 Å². The van der Waals surface area contributed by atoms with Crippen LogP contribution in [0.15, 0.2) is 36.4 Å². The van der Waals surface area contributed by atoms with Crippen LogP contribution in [0.2, 0.25) is 0 Å². The summed E-state index contributed by atoms with van der Waals surface area (Å²) in [6.07, 6.45) is 37.6. The number of aryl methyl sites for hydroxylation is 2. The Labute approximate surface area is 360 Å². The fourth-order valence-corrected chi connectivity index (χ4v) is 10.4. The maximum absolute atomic E-state index is 14.3. The zero-order valence-corrected chi connectivity index (χ0v) is 37.3. The number of hydrogen-bond acceptors (Lipinski definition) is 1. The van der Waals surface area contributed by atoms with Crippen LogP contribution in [0, 0.1) is 72.6 Å². The summed E-state index contributed by atoms with van der Waals surface area (Å²) in [6.45, 7) is 10.1. The Bertz CT molecular complexity index is 1490. The minimum atomic E-state index is -0.736. The van der Waals surface area contributed by atoms with Gasteiger partial charge in [0, 0.05) is 7.34 Å². The first-order chi connectivity index (χ1) is 28.1. The van der Waals surface area contributed by atoms with Crippen molar-refractivity contribution < 1.29 is 23.8 Å². The van der Waals surface area contributed by atoms with E-state index < -0.39 is 23.3 Å². The fraction of sp³-hybridized carbons (Fsp3) is 0.722. The molecule has 0 saturated heterocycles. The molecule has 0 amide bonds. The first-order valence-corrected chi connectivity index (χ1v) is 24.1. The molecular formula is C54H86F4O. The van der Waals surface area contributed by atoms with Gasteiger partial charge < -0.3 is 4.79 Å². The van der Waals surface area contributed by atoms with Crippen LogP contribution in [-0.4, -0.2) is 6.29 Å². The van der Waals surface area contributed by atoms with Gasteiger partial charge in [-0.2, -0.15) is 0 Å². The third-order valence-corrected chi connectivity index (χ3v) is 14.7. The number of rotatable bonds is 14. The van der Waals surface area contributed by atoms with Crippen LogP contribution < -0.4 is 0 Å². The summed E-state index contributed by atoms with van der Waals surface area (Å²) in [5.41, 5.74) is 1.80. The minimum Gasteiger partial charge on any atom is -0.303 e. The Kier molecular flexibility index (Phi) is 23.7. The van der Waals surface area contributed by atoms with Gasteiger partial charge in [0.1, 0.15) is 6.29 Å². The van der Waals surface area contributed by atoms with Gasteiger partial charge >= 0.3 is 0 Å². The lowest BCUT2D eigenvalue weighted by Gasteiger charge is -2.29. The molecule has 0 aromatic heterocycles. The lowest BCUT2D eigenvalue weighted by molar-refractivity contribution is -0.111. The minimum absolute atomic E-state index is 0. The molecule has 5 heteroatoms. The van der Waals surface area contributed by atoms with Crippen LogP contribution in [-0.2, 0) is 4.79 Å². The van der Waals surface area contributed by atoms with Crippen molar-refractivity contribution in [1.82, 2.24) is 0 Å². The van der Waals surface area contributed by atoms with Crippen LogP contribution in [0.1, 0.15) is 224 Å². The van der Waals surface area contributed by atoms with Crippen molar-refractivity contribution in [3.05, 3.63) is 81.9 Å². The maximum Gasteiger partial charge on any atom is 0.162 e. The van der Waals surface area contributed by atoms with Gasteiger partial charge in [-0.3, -0.25) is 0 Å². The van der Waals surface area contributed by atoms with Crippen molar-refractivity contribution in [3.8, 4) is 0 Å². The van der Waals surface area contributed by atoms with Gasteiger partial charge in [-0.25, -0.2) is 17.6 Å². The lowest BCUT2D eigenvalue weighted by atomic mass is 9.76. The van der Waals surface area contributed by atoms with E-state index in [2.05, 4.69) is 32.9 Å². The van der Waals surface area contributed by atoms with Crippen molar-refractivity contribution in [1.29, 1.82) is 0 Å². The molecular weight excluding hydrogens is 741 g/mol. The average Bonchev–Trinajstić information content (AvgIpc) is 3.26. The van der Waals surface area contributed by atoms with Gasteiger partial charge in [-0.15, -0.1) is 0 Å². The smallest absolute Gasteiger partial charge is 0.162 e. The molecule has 0 spiro atoms. The summed E-state index contributed by atoms with van der Waals surface area (Å²) in [6, 6.07) is 6.82. The monoisotopic (exact) mass is 828 g/mol. The van der Waals surface area contributed by atoms with Crippen LogP contribution in [0.4, 0.5) is 17.6 Å². The van der Waals surface area contributed by atoms with Gasteiger partial charge in [-0.05, 0) is 155 Å². The molecule has 0 heterocycles. The highest BCUT2D eigenvalue weighted by Gasteiger charge is 2.27. The average molecular weight is 828 g/mol. The molecule has 0 bridgehead atoms. The number of carbonyl (C=O) groups excluding carboxylic acids is 1. The SMILES string of the molecule is C.CCCCCC1CCC(/C=C/C2CCC(c3ccc(C)c(F)c3F)CC2)CC1.CCCCCC1CCC(CC)CC1.Cc1ccc(C2CCC(C=O)CC2)c(F)c1F.[2HH]. The highest BCUT2D eigenvalue weighted by Crippen LogP contribution is 2.40. The number of aldehydes is 1. The first kappa shape index (κ1) is 50.9. The van der Waals surface area contributed by atoms with E-state index in [1.54, 1.807) is 38.1 Å². The molecule has 0 radical (unpaired) electrons. The Balaban J connectivity index is 0.000000332. The van der Waals surface area contributed by atoms with Gasteiger partial charge in [0.05, 0.1) is 0 Å². The number of carbonyl (C=O) groups is 1. The lowest BCUT2D eigenvalue weighted by Crippen LogP contribution is -2.15. The Morgan fingerprint density at radius 1 is 0.492 bits per heavy atom. The molecule has 0 N–H and O–H groups in total. The molecule has 2 aromatic rings. The third-order valence-electron chi connectivity index (χ3n) is 14.7. The molecule has 336 valence electrons. The summed E-state index contributed by atoms with van der Waals surface area (Å²) in [4.78, 5) is 10.6. The Morgan fingerprint density at radius 2 is 0.847 bits per heavy atom. The number of hydrogen-bond donors (Lipinski definition) is 0. The molecule has 0 atom stereocenters. The van der Waals surface area contributed by atoms with E-state index in [9.17, 15) is 22.4 Å². The van der Waals surface area contributed by atoms with Gasteiger partial charge in [0.2, 0.25) is 0 Å². The zero-order valence-electron chi connectivity index (χ0n) is 37.3. The van der Waals surface area contributed by atoms with Crippen LogP contribution >= 0.6 is 0 Å². The standard InChI is InChI=1S/C26H38F2.C14H16F2O.C13H26.CH4.H2/c1-3-4-5-6-20-8-10-21(11-9-20)12-13-22-14-16-23(17-15-22)24-18-7-19(2)25(27)26(24)28;1-9-2-7-12(14(16)13(9)15)11-5-3-10(8-17)4-6-11;1-3-5-6-7-13-10-8-12(4-2)9-11-13;;/h7,12-13,18,20-23H,3-6,8-11,14-17H2,1-2H3;2,7-8,10-11H,3-6H2,1H3;12-13H,3-11H2,1-2H3;1H4;1H/b13-12+;;;;/i;;;;1+1. The predicted molar refractivity (Wildman–Crippen MR) is 245 cm³/mol. The second kappa shape index (κ2) is 27.5. The normalized spacial score (nSPS) is 27.1. The topological polar surface area (TPSA) is 17.1 Å². The summed E-state index contributed by atoms with van der Waals surface area (Å²) >= 11 is 0. The van der Waals surface area contributed by atoms with Gasteiger partial charge in [-0.1, -0.05) is 148 Å². The Hall–Kier alpha value is -2.43. The van der Waals surface area contributed by atoms with Crippen molar-refractivity contribution in [2.75, 3.05) is 0 Å². The molecule has 2 aromatic carbocycles. The van der Waals surface area contributed by atoms with Gasteiger partial charge in [0.25, 0.3) is 0 Å². The third kappa shape index (κ3) is 16.4. The van der Waals surface area contributed by atoms with E-state index in [1.807, 2.05) is 0 Å². The number of allylic oxidation sites excluding steroid dienone is 2. The molecule has 6 rings (SSSR count). The molecule has 59 heavy (non-hydrogen) atoms. The number of benzene rings is 2. The van der Waals surface area contributed by atoms with E-state index in [1.165, 1.54) is 109 Å². The molecule has 4 aliphatic carbocycles. The van der Waals surface area contributed by atoms with E-state index in [4.69, 9.17) is 0 Å². The molecule has 4 aliphatic rings. The summed E-state index contributed by atoms with van der Waals surface area (Å²) in [7, 11) is 0. The van der Waals surface area contributed by atoms with E-state index in [0.29, 0.717) is 28.2 Å². The number of halogens is 4. The van der Waals surface area contributed by atoms with Crippen LogP contribution in [0.3, 0.4) is 0 Å². The molecule has 0 unspecified atom stereocenters. The largest absolute Gasteiger partial charge is 0.303 e. The zero-order chi connectivity index (χ0) is 41.9. The van der Waals surface area contributed by atoms with Crippen LogP contribution in [0.5, 0.6) is 0 Å². The Morgan fingerprint density at radius 3 is 1.22 bits per heavy atom. The highest BCUT2D eigenvalue weighted by molar-refractivity contribution is 5.53. The number of unbranched alkanes of at least 4 members (excludes halogenated alkanes) is 4. The van der Waals surface area contributed by atoms with E-state index in [-0.39, 0.29) is 26.6 Å². The predicted octanol–water partition coefficient (Wildman–Crippen LogP) is 17.9. The summed E-state index contributed by atoms with van der Waals surface area (Å²) in [5.74, 6) is 2.14. The fourth-order valence-electron chi connectivity index (χ4n) is 10.4. The van der Waals surface area contributed by atoms with Crippen LogP contribution in [0.25, 0.3) is 0 Å². The van der Waals surface area contributed by atoms with Crippen molar-refractivity contribution in [2.45, 2.75) is 214 Å². The van der Waals surface area contributed by atoms with Crippen molar-refractivity contribution in [2.24, 2.45) is 35.5 Å².